The Morgan fingerprint density at radius 3 is 2.25 bits per heavy atom. The Balaban J connectivity index is 2.67. The monoisotopic (exact) mass is 279 g/mol. The minimum Gasteiger partial charge on any atom is -0.483 e. The molecule has 0 radical (unpaired) electrons. The zero-order valence-electron chi connectivity index (χ0n) is 13.2. The zero-order chi connectivity index (χ0) is 15.5. The van der Waals surface area contributed by atoms with Gasteiger partial charge in [-0.05, 0) is 52.7 Å². The second-order valence-electron chi connectivity index (χ2n) is 5.96. The van der Waals surface area contributed by atoms with Gasteiger partial charge in [0.25, 0.3) is 5.91 Å². The van der Waals surface area contributed by atoms with Gasteiger partial charge in [0.1, 0.15) is 5.75 Å². The number of aliphatic hydroxyl groups excluding tert-OH is 1. The number of aryl methyl sites for hydroxylation is 3. The molecule has 4 heteroatoms. The van der Waals surface area contributed by atoms with Gasteiger partial charge < -0.3 is 15.2 Å². The number of ether oxygens (including phenoxy) is 1. The number of rotatable bonds is 5. The van der Waals surface area contributed by atoms with Crippen LogP contribution < -0.4 is 10.1 Å². The first-order valence-electron chi connectivity index (χ1n) is 6.83. The van der Waals surface area contributed by atoms with E-state index in [1.54, 1.807) is 20.8 Å². The topological polar surface area (TPSA) is 58.6 Å². The van der Waals surface area contributed by atoms with E-state index in [0.29, 0.717) is 0 Å². The van der Waals surface area contributed by atoms with Crippen LogP contribution >= 0.6 is 0 Å². The van der Waals surface area contributed by atoms with Gasteiger partial charge in [-0.25, -0.2) is 0 Å². The number of carbonyl (C=O) groups is 1. The van der Waals surface area contributed by atoms with Crippen molar-refractivity contribution in [2.24, 2.45) is 0 Å². The highest BCUT2D eigenvalue weighted by Crippen LogP contribution is 2.24. The Morgan fingerprint density at radius 1 is 1.30 bits per heavy atom. The van der Waals surface area contributed by atoms with E-state index in [9.17, 15) is 9.90 Å². The molecule has 0 bridgehead atoms. The zero-order valence-corrected chi connectivity index (χ0v) is 13.2. The number of hydrogen-bond donors (Lipinski definition) is 2. The molecule has 1 atom stereocenters. The van der Waals surface area contributed by atoms with Crippen LogP contribution in [0.2, 0.25) is 0 Å². The number of amides is 1. The predicted octanol–water partition coefficient (Wildman–Crippen LogP) is 2.27. The molecule has 1 rings (SSSR count). The number of benzene rings is 1. The second-order valence-corrected chi connectivity index (χ2v) is 5.96. The van der Waals surface area contributed by atoms with Gasteiger partial charge in [0.2, 0.25) is 0 Å². The summed E-state index contributed by atoms with van der Waals surface area (Å²) in [6.07, 6.45) is -0.630. The lowest BCUT2D eigenvalue weighted by molar-refractivity contribution is -0.126. The van der Waals surface area contributed by atoms with Crippen LogP contribution in [0.5, 0.6) is 5.75 Å². The van der Waals surface area contributed by atoms with Crippen molar-refractivity contribution in [3.63, 3.8) is 0 Å². The van der Waals surface area contributed by atoms with Crippen molar-refractivity contribution in [2.45, 2.75) is 53.2 Å². The highest BCUT2D eigenvalue weighted by atomic mass is 16.5. The van der Waals surface area contributed by atoms with Crippen LogP contribution in [0, 0.1) is 20.8 Å². The van der Waals surface area contributed by atoms with Gasteiger partial charge in [-0.15, -0.1) is 0 Å². The van der Waals surface area contributed by atoms with Crippen LogP contribution in [0.3, 0.4) is 0 Å². The summed E-state index contributed by atoms with van der Waals surface area (Å²) in [5, 5.41) is 12.3. The molecule has 0 aromatic heterocycles. The maximum atomic E-state index is 11.9. The SMILES string of the molecule is Cc1cc(C)c(OCC(=O)NC(C)(C)C(C)O)c(C)c1. The summed E-state index contributed by atoms with van der Waals surface area (Å²) < 4.78 is 5.62. The Morgan fingerprint density at radius 2 is 1.80 bits per heavy atom. The van der Waals surface area contributed by atoms with E-state index < -0.39 is 11.6 Å². The van der Waals surface area contributed by atoms with Crippen LogP contribution in [0.4, 0.5) is 0 Å². The Labute approximate surface area is 121 Å². The predicted molar refractivity (Wildman–Crippen MR) is 80.1 cm³/mol. The Hall–Kier alpha value is -1.55. The fraction of sp³-hybridized carbons (Fsp3) is 0.562. The minimum absolute atomic E-state index is 0.0547. The summed E-state index contributed by atoms with van der Waals surface area (Å²) in [6, 6.07) is 4.06. The lowest BCUT2D eigenvalue weighted by Gasteiger charge is -2.29. The van der Waals surface area contributed by atoms with Crippen molar-refractivity contribution in [2.75, 3.05) is 6.61 Å². The lowest BCUT2D eigenvalue weighted by Crippen LogP contribution is -2.52. The third-order valence-corrected chi connectivity index (χ3v) is 3.46. The third-order valence-electron chi connectivity index (χ3n) is 3.46. The lowest BCUT2D eigenvalue weighted by atomic mass is 9.99. The van der Waals surface area contributed by atoms with Crippen molar-refractivity contribution >= 4 is 5.91 Å². The molecule has 0 saturated carbocycles. The average molecular weight is 279 g/mol. The van der Waals surface area contributed by atoms with E-state index in [1.807, 2.05) is 32.9 Å². The molecule has 20 heavy (non-hydrogen) atoms. The molecule has 0 heterocycles. The molecule has 0 aliphatic carbocycles. The van der Waals surface area contributed by atoms with Gasteiger partial charge >= 0.3 is 0 Å². The van der Waals surface area contributed by atoms with Crippen molar-refractivity contribution in [3.8, 4) is 5.75 Å². The highest BCUT2D eigenvalue weighted by molar-refractivity contribution is 5.78. The van der Waals surface area contributed by atoms with Crippen LogP contribution in [-0.2, 0) is 4.79 Å². The smallest absolute Gasteiger partial charge is 0.258 e. The molecule has 0 fully saturated rings. The number of carbonyl (C=O) groups excluding carboxylic acids is 1. The third kappa shape index (κ3) is 4.23. The largest absolute Gasteiger partial charge is 0.483 e. The summed E-state index contributed by atoms with van der Waals surface area (Å²) >= 11 is 0. The summed E-state index contributed by atoms with van der Waals surface area (Å²) in [6.45, 7) is 11.1. The molecule has 4 nitrogen and oxygen atoms in total. The highest BCUT2D eigenvalue weighted by Gasteiger charge is 2.26. The van der Waals surface area contributed by atoms with E-state index in [1.165, 1.54) is 5.56 Å². The maximum Gasteiger partial charge on any atom is 0.258 e. The van der Waals surface area contributed by atoms with Crippen LogP contribution in [0.15, 0.2) is 12.1 Å². The number of nitrogens with one attached hydrogen (secondary N) is 1. The van der Waals surface area contributed by atoms with Crippen molar-refractivity contribution < 1.29 is 14.6 Å². The molecular weight excluding hydrogens is 254 g/mol. The van der Waals surface area contributed by atoms with Crippen molar-refractivity contribution in [1.82, 2.24) is 5.32 Å². The fourth-order valence-electron chi connectivity index (χ4n) is 2.03. The molecule has 0 aliphatic rings. The number of aliphatic hydroxyl groups is 1. The Bertz CT molecular complexity index is 469. The fourth-order valence-corrected chi connectivity index (χ4v) is 2.03. The molecule has 1 amide bonds. The van der Waals surface area contributed by atoms with E-state index in [0.717, 1.165) is 16.9 Å². The van der Waals surface area contributed by atoms with Crippen molar-refractivity contribution in [1.29, 1.82) is 0 Å². The van der Waals surface area contributed by atoms with E-state index in [2.05, 4.69) is 5.32 Å². The summed E-state index contributed by atoms with van der Waals surface area (Å²) in [4.78, 5) is 11.9. The first kappa shape index (κ1) is 16.5. The molecule has 112 valence electrons. The molecular formula is C16H25NO3. The van der Waals surface area contributed by atoms with Gasteiger partial charge in [0.15, 0.2) is 6.61 Å². The summed E-state index contributed by atoms with van der Waals surface area (Å²) in [7, 11) is 0. The maximum absolute atomic E-state index is 11.9. The standard InChI is InChI=1S/C16H25NO3/c1-10-7-11(2)15(12(3)8-10)20-9-14(19)17-16(5,6)13(4)18/h7-8,13,18H,9H2,1-6H3,(H,17,19). The molecule has 0 spiro atoms. The first-order chi connectivity index (χ1) is 9.13. The molecule has 2 N–H and O–H groups in total. The Kier molecular flexibility index (Phi) is 5.17. The molecule has 1 aromatic rings. The quantitative estimate of drug-likeness (QED) is 0.869. The van der Waals surface area contributed by atoms with Crippen LogP contribution in [0.25, 0.3) is 0 Å². The van der Waals surface area contributed by atoms with E-state index >= 15 is 0 Å². The molecule has 0 saturated heterocycles. The summed E-state index contributed by atoms with van der Waals surface area (Å²) in [5.41, 5.74) is 2.54. The van der Waals surface area contributed by atoms with Gasteiger partial charge in [-0.1, -0.05) is 17.7 Å². The number of hydrogen-bond acceptors (Lipinski definition) is 3. The van der Waals surface area contributed by atoms with Gasteiger partial charge in [0, 0.05) is 0 Å². The normalized spacial score (nSPS) is 12.9. The molecule has 1 unspecified atom stereocenters. The van der Waals surface area contributed by atoms with E-state index in [4.69, 9.17) is 4.74 Å². The van der Waals surface area contributed by atoms with Gasteiger partial charge in [0.05, 0.1) is 11.6 Å². The van der Waals surface area contributed by atoms with Gasteiger partial charge in [-0.2, -0.15) is 0 Å². The average Bonchev–Trinajstić information content (AvgIpc) is 2.26. The molecule has 1 aromatic carbocycles. The first-order valence-corrected chi connectivity index (χ1v) is 6.83. The van der Waals surface area contributed by atoms with Crippen molar-refractivity contribution in [3.05, 3.63) is 28.8 Å². The second kappa shape index (κ2) is 6.27. The van der Waals surface area contributed by atoms with E-state index in [-0.39, 0.29) is 12.5 Å². The minimum atomic E-state index is -0.669. The van der Waals surface area contributed by atoms with Crippen LogP contribution in [0.1, 0.15) is 37.5 Å². The summed E-state index contributed by atoms with van der Waals surface area (Å²) in [5.74, 6) is 0.510. The van der Waals surface area contributed by atoms with Crippen LogP contribution in [-0.4, -0.2) is 29.3 Å². The van der Waals surface area contributed by atoms with Gasteiger partial charge in [-0.3, -0.25) is 4.79 Å². The molecule has 0 aliphatic heterocycles.